The molecule has 1 saturated carbocycles. The molecule has 2 aromatic rings. The third kappa shape index (κ3) is 3.85. The van der Waals surface area contributed by atoms with E-state index < -0.39 is 5.41 Å². The minimum absolute atomic E-state index is 0.104. The maximum Gasteiger partial charge on any atom is 0.321 e. The number of hydrogen-bond acceptors (Lipinski definition) is 3. The molecule has 2 aromatic carbocycles. The van der Waals surface area contributed by atoms with E-state index in [4.69, 9.17) is 4.74 Å². The Morgan fingerprint density at radius 3 is 2.07 bits per heavy atom. The molecule has 1 atom stereocenters. The number of nitrogens with zero attached hydrogens (tertiary/aromatic N) is 1. The van der Waals surface area contributed by atoms with E-state index in [1.54, 1.807) is 0 Å². The molecule has 0 bridgehead atoms. The van der Waals surface area contributed by atoms with Gasteiger partial charge in [0.1, 0.15) is 5.41 Å². The maximum absolute atomic E-state index is 13.7. The predicted molar refractivity (Wildman–Crippen MR) is 117 cm³/mol. The van der Waals surface area contributed by atoms with Crippen molar-refractivity contribution >= 4 is 5.97 Å². The highest BCUT2D eigenvalue weighted by molar-refractivity contribution is 5.88. The second-order valence-electron chi connectivity index (χ2n) is 8.53. The van der Waals surface area contributed by atoms with Crippen LogP contribution in [0.4, 0.5) is 0 Å². The van der Waals surface area contributed by atoms with Crippen LogP contribution in [0.15, 0.2) is 60.7 Å². The van der Waals surface area contributed by atoms with Gasteiger partial charge in [-0.2, -0.15) is 0 Å². The number of likely N-dealkylation sites (tertiary alicyclic amines) is 1. The van der Waals surface area contributed by atoms with Gasteiger partial charge in [0.2, 0.25) is 0 Å². The highest BCUT2D eigenvalue weighted by Crippen LogP contribution is 2.45. The van der Waals surface area contributed by atoms with E-state index >= 15 is 0 Å². The van der Waals surface area contributed by atoms with Gasteiger partial charge in [-0.15, -0.1) is 0 Å². The minimum atomic E-state index is -0.748. The van der Waals surface area contributed by atoms with Crippen LogP contribution in [0.3, 0.4) is 0 Å². The van der Waals surface area contributed by atoms with Crippen molar-refractivity contribution in [2.75, 3.05) is 19.7 Å². The van der Waals surface area contributed by atoms with Gasteiger partial charge in [0.05, 0.1) is 6.61 Å². The molecule has 0 radical (unpaired) electrons. The highest BCUT2D eigenvalue weighted by atomic mass is 16.5. The zero-order valence-corrected chi connectivity index (χ0v) is 17.6. The van der Waals surface area contributed by atoms with Crippen LogP contribution in [0.2, 0.25) is 0 Å². The SMILES string of the molecule is CCOC(=O)C(c1ccccc1)(c1ccccc1)C1CCN(C2CCCCC2)C1. The van der Waals surface area contributed by atoms with Gasteiger partial charge in [-0.05, 0) is 49.8 Å². The van der Waals surface area contributed by atoms with Crippen molar-refractivity contribution in [1.82, 2.24) is 4.90 Å². The zero-order chi connectivity index (χ0) is 20.1. The lowest BCUT2D eigenvalue weighted by Gasteiger charge is -2.39. The molecular weight excluding hydrogens is 358 g/mol. The predicted octanol–water partition coefficient (Wildman–Crippen LogP) is 5.19. The lowest BCUT2D eigenvalue weighted by molar-refractivity contribution is -0.150. The lowest BCUT2D eigenvalue weighted by atomic mass is 9.65. The number of carbonyl (C=O) groups excluding carboxylic acids is 1. The largest absolute Gasteiger partial charge is 0.465 e. The van der Waals surface area contributed by atoms with Crippen LogP contribution in [0.5, 0.6) is 0 Å². The fourth-order valence-corrected chi connectivity index (χ4v) is 5.61. The second-order valence-corrected chi connectivity index (χ2v) is 8.53. The molecule has 2 fully saturated rings. The summed E-state index contributed by atoms with van der Waals surface area (Å²) in [6.07, 6.45) is 7.68. The van der Waals surface area contributed by atoms with E-state index in [1.807, 2.05) is 43.3 Å². The summed E-state index contributed by atoms with van der Waals surface area (Å²) >= 11 is 0. The standard InChI is InChI=1S/C26H33NO2/c1-2-29-25(28)26(21-12-6-3-7-13-21,22-14-8-4-9-15-22)23-18-19-27(20-23)24-16-10-5-11-17-24/h3-4,6-9,12-15,23-24H,2,5,10-11,16-20H2,1H3. The van der Waals surface area contributed by atoms with Gasteiger partial charge < -0.3 is 9.64 Å². The van der Waals surface area contributed by atoms with E-state index in [0.29, 0.717) is 12.6 Å². The molecule has 3 nitrogen and oxygen atoms in total. The zero-order valence-electron chi connectivity index (χ0n) is 17.6. The highest BCUT2D eigenvalue weighted by Gasteiger charge is 2.52. The summed E-state index contributed by atoms with van der Waals surface area (Å²) < 4.78 is 5.75. The molecule has 0 spiro atoms. The second kappa shape index (κ2) is 9.13. The van der Waals surface area contributed by atoms with Gasteiger partial charge in [0, 0.05) is 12.6 Å². The topological polar surface area (TPSA) is 29.5 Å². The van der Waals surface area contributed by atoms with E-state index in [1.165, 1.54) is 32.1 Å². The first-order valence-corrected chi connectivity index (χ1v) is 11.3. The van der Waals surface area contributed by atoms with Crippen LogP contribution >= 0.6 is 0 Å². The summed E-state index contributed by atoms with van der Waals surface area (Å²) in [5.41, 5.74) is 1.36. The molecule has 29 heavy (non-hydrogen) atoms. The molecule has 0 aromatic heterocycles. The van der Waals surface area contributed by atoms with Gasteiger partial charge in [-0.3, -0.25) is 4.79 Å². The fourth-order valence-electron chi connectivity index (χ4n) is 5.61. The Labute approximate surface area is 175 Å². The van der Waals surface area contributed by atoms with Gasteiger partial charge >= 0.3 is 5.97 Å². The Morgan fingerprint density at radius 2 is 1.52 bits per heavy atom. The number of benzene rings is 2. The van der Waals surface area contributed by atoms with Crippen molar-refractivity contribution in [1.29, 1.82) is 0 Å². The Balaban J connectivity index is 1.76. The maximum atomic E-state index is 13.7. The molecule has 1 unspecified atom stereocenters. The summed E-state index contributed by atoms with van der Waals surface area (Å²) in [5.74, 6) is 0.112. The number of carbonyl (C=O) groups is 1. The van der Waals surface area contributed by atoms with Crippen molar-refractivity contribution in [3.8, 4) is 0 Å². The molecule has 1 aliphatic carbocycles. The average Bonchev–Trinajstić information content (AvgIpc) is 3.27. The molecule has 2 aliphatic rings. The van der Waals surface area contributed by atoms with Crippen LogP contribution in [-0.2, 0) is 14.9 Å². The summed E-state index contributed by atoms with van der Waals surface area (Å²) in [7, 11) is 0. The van der Waals surface area contributed by atoms with Gasteiger partial charge in [-0.25, -0.2) is 0 Å². The van der Waals surface area contributed by atoms with Gasteiger partial charge in [-0.1, -0.05) is 79.9 Å². The summed E-state index contributed by atoms with van der Waals surface area (Å²) in [6, 6.07) is 21.3. The quantitative estimate of drug-likeness (QED) is 0.635. The van der Waals surface area contributed by atoms with Crippen LogP contribution in [0.25, 0.3) is 0 Å². The van der Waals surface area contributed by atoms with Gasteiger partial charge in [0.25, 0.3) is 0 Å². The first-order chi connectivity index (χ1) is 14.3. The number of esters is 1. The molecule has 0 amide bonds. The van der Waals surface area contributed by atoms with Crippen LogP contribution in [0, 0.1) is 5.92 Å². The lowest BCUT2D eigenvalue weighted by Crippen LogP contribution is -2.47. The van der Waals surface area contributed by atoms with E-state index in [9.17, 15) is 4.79 Å². The Bertz CT molecular complexity index is 743. The summed E-state index contributed by atoms with van der Waals surface area (Å²) in [6.45, 7) is 4.35. The van der Waals surface area contributed by atoms with Crippen LogP contribution in [0.1, 0.15) is 56.6 Å². The monoisotopic (exact) mass is 391 g/mol. The minimum Gasteiger partial charge on any atom is -0.465 e. The molecule has 1 aliphatic heterocycles. The number of rotatable bonds is 6. The molecule has 154 valence electrons. The number of ether oxygens (including phenoxy) is 1. The third-order valence-corrected chi connectivity index (χ3v) is 6.98. The first kappa shape index (κ1) is 20.2. The van der Waals surface area contributed by atoms with Crippen LogP contribution < -0.4 is 0 Å². The molecule has 3 heteroatoms. The van der Waals surface area contributed by atoms with Crippen molar-refractivity contribution < 1.29 is 9.53 Å². The Kier molecular flexibility index (Phi) is 6.34. The molecule has 0 N–H and O–H groups in total. The van der Waals surface area contributed by atoms with Gasteiger partial charge in [0.15, 0.2) is 0 Å². The first-order valence-electron chi connectivity index (χ1n) is 11.3. The molecular formula is C26H33NO2. The van der Waals surface area contributed by atoms with Crippen molar-refractivity contribution in [2.45, 2.75) is 56.9 Å². The van der Waals surface area contributed by atoms with E-state index in [2.05, 4.69) is 29.2 Å². The Morgan fingerprint density at radius 1 is 0.931 bits per heavy atom. The average molecular weight is 392 g/mol. The Hall–Kier alpha value is -2.13. The van der Waals surface area contributed by atoms with Crippen molar-refractivity contribution in [3.05, 3.63) is 71.8 Å². The normalized spacial score (nSPS) is 21.2. The molecule has 1 heterocycles. The summed E-state index contributed by atoms with van der Waals surface area (Å²) in [4.78, 5) is 16.4. The van der Waals surface area contributed by atoms with Crippen molar-refractivity contribution in [3.63, 3.8) is 0 Å². The smallest absolute Gasteiger partial charge is 0.321 e. The molecule has 1 saturated heterocycles. The van der Waals surface area contributed by atoms with E-state index in [0.717, 1.165) is 30.6 Å². The van der Waals surface area contributed by atoms with Crippen LogP contribution in [-0.4, -0.2) is 36.6 Å². The van der Waals surface area contributed by atoms with Crippen molar-refractivity contribution in [2.24, 2.45) is 5.92 Å². The number of hydrogen-bond donors (Lipinski definition) is 0. The molecule has 4 rings (SSSR count). The fraction of sp³-hybridized carbons (Fsp3) is 0.500. The third-order valence-electron chi connectivity index (χ3n) is 6.98. The van der Waals surface area contributed by atoms with E-state index in [-0.39, 0.29) is 11.9 Å². The summed E-state index contributed by atoms with van der Waals surface area (Å²) in [5, 5.41) is 0.